The van der Waals surface area contributed by atoms with Crippen LogP contribution in [0, 0.1) is 5.92 Å². The second-order valence-corrected chi connectivity index (χ2v) is 3.98. The lowest BCUT2D eigenvalue weighted by Crippen LogP contribution is -2.04. The number of pyridine rings is 1. The quantitative estimate of drug-likeness (QED) is 0.838. The molecule has 0 aliphatic carbocycles. The number of hydrogen-bond donors (Lipinski definition) is 1. The molecule has 3 nitrogen and oxygen atoms in total. The molecule has 0 saturated carbocycles. The molecule has 0 amide bonds. The molecule has 4 heteroatoms. The van der Waals surface area contributed by atoms with E-state index in [0.717, 1.165) is 0 Å². The van der Waals surface area contributed by atoms with Gasteiger partial charge in [-0.1, -0.05) is 25.4 Å². The Morgan fingerprint density at radius 1 is 1.50 bits per heavy atom. The maximum Gasteiger partial charge on any atom is 0.123 e. The number of rotatable bonds is 4. The van der Waals surface area contributed by atoms with Crippen LogP contribution in [-0.4, -0.2) is 11.6 Å². The minimum absolute atomic E-state index is 0.419. The van der Waals surface area contributed by atoms with Crippen molar-refractivity contribution in [1.29, 1.82) is 0 Å². The van der Waals surface area contributed by atoms with Gasteiger partial charge in [0.2, 0.25) is 0 Å². The molecule has 0 radical (unpaired) electrons. The molecule has 2 N–H and O–H groups in total. The molecule has 1 aromatic rings. The van der Waals surface area contributed by atoms with Crippen LogP contribution in [0.5, 0.6) is 0 Å². The Kier molecular flexibility index (Phi) is 4.17. The first kappa shape index (κ1) is 11.3. The predicted molar refractivity (Wildman–Crippen MR) is 58.2 cm³/mol. The molecule has 0 fully saturated rings. The summed E-state index contributed by atoms with van der Waals surface area (Å²) < 4.78 is 5.41. The van der Waals surface area contributed by atoms with Gasteiger partial charge in [0.1, 0.15) is 5.82 Å². The largest absolute Gasteiger partial charge is 0.384 e. The lowest BCUT2D eigenvalue weighted by atomic mass is 10.2. The average molecular weight is 215 g/mol. The second kappa shape index (κ2) is 5.17. The van der Waals surface area contributed by atoms with E-state index in [0.29, 0.717) is 35.7 Å². The van der Waals surface area contributed by atoms with Crippen LogP contribution >= 0.6 is 11.6 Å². The van der Waals surface area contributed by atoms with E-state index in [-0.39, 0.29) is 0 Å². The molecular formula is C10H15ClN2O. The molecule has 1 heterocycles. The van der Waals surface area contributed by atoms with Crippen molar-refractivity contribution < 1.29 is 4.74 Å². The summed E-state index contributed by atoms with van der Waals surface area (Å²) in [5.74, 6) is 0.979. The number of aromatic nitrogens is 1. The Morgan fingerprint density at radius 2 is 2.21 bits per heavy atom. The molecule has 1 rings (SSSR count). The van der Waals surface area contributed by atoms with Gasteiger partial charge in [-0.15, -0.1) is 0 Å². The maximum absolute atomic E-state index is 5.91. The van der Waals surface area contributed by atoms with E-state index in [1.54, 1.807) is 12.1 Å². The zero-order valence-corrected chi connectivity index (χ0v) is 9.21. The molecule has 0 spiro atoms. The SMILES string of the molecule is CC(C)COCc1nc(N)ccc1Cl. The highest BCUT2D eigenvalue weighted by Gasteiger charge is 2.03. The van der Waals surface area contributed by atoms with Crippen molar-refractivity contribution in [3.8, 4) is 0 Å². The third-order valence-electron chi connectivity index (χ3n) is 1.63. The average Bonchev–Trinajstić information content (AvgIpc) is 2.10. The molecule has 0 bridgehead atoms. The van der Waals surface area contributed by atoms with Gasteiger partial charge >= 0.3 is 0 Å². The van der Waals surface area contributed by atoms with Gasteiger partial charge in [-0.2, -0.15) is 0 Å². The Bertz CT molecular complexity index is 302. The van der Waals surface area contributed by atoms with E-state index in [1.165, 1.54) is 0 Å². The fraction of sp³-hybridized carbons (Fsp3) is 0.500. The fourth-order valence-electron chi connectivity index (χ4n) is 0.994. The summed E-state index contributed by atoms with van der Waals surface area (Å²) in [5.41, 5.74) is 6.23. The molecule has 1 aromatic heterocycles. The normalized spacial score (nSPS) is 10.9. The Labute approximate surface area is 89.2 Å². The van der Waals surface area contributed by atoms with Gasteiger partial charge in [-0.25, -0.2) is 4.98 Å². The number of anilines is 1. The number of nitrogen functional groups attached to an aromatic ring is 1. The minimum atomic E-state index is 0.419. The highest BCUT2D eigenvalue weighted by molar-refractivity contribution is 6.31. The van der Waals surface area contributed by atoms with Crippen molar-refractivity contribution in [3.63, 3.8) is 0 Å². The molecule has 14 heavy (non-hydrogen) atoms. The summed E-state index contributed by atoms with van der Waals surface area (Å²) >= 11 is 5.91. The van der Waals surface area contributed by atoms with Crippen molar-refractivity contribution in [2.75, 3.05) is 12.3 Å². The highest BCUT2D eigenvalue weighted by Crippen LogP contribution is 2.16. The van der Waals surface area contributed by atoms with Gasteiger partial charge in [0.15, 0.2) is 0 Å². The lowest BCUT2D eigenvalue weighted by molar-refractivity contribution is 0.0949. The summed E-state index contributed by atoms with van der Waals surface area (Å²) in [6.07, 6.45) is 0. The fourth-order valence-corrected chi connectivity index (χ4v) is 1.15. The first-order valence-corrected chi connectivity index (χ1v) is 4.96. The summed E-state index contributed by atoms with van der Waals surface area (Å²) in [5, 5.41) is 0.600. The lowest BCUT2D eigenvalue weighted by Gasteiger charge is -2.07. The maximum atomic E-state index is 5.91. The third kappa shape index (κ3) is 3.52. The van der Waals surface area contributed by atoms with Crippen LogP contribution in [-0.2, 0) is 11.3 Å². The number of nitrogens with zero attached hydrogens (tertiary/aromatic N) is 1. The molecular weight excluding hydrogens is 200 g/mol. The van der Waals surface area contributed by atoms with Crippen LogP contribution in [0.15, 0.2) is 12.1 Å². The molecule has 0 aromatic carbocycles. The minimum Gasteiger partial charge on any atom is -0.384 e. The van der Waals surface area contributed by atoms with Crippen molar-refractivity contribution in [2.45, 2.75) is 20.5 Å². The summed E-state index contributed by atoms with van der Waals surface area (Å²) in [4.78, 5) is 4.09. The molecule has 0 atom stereocenters. The van der Waals surface area contributed by atoms with E-state index in [2.05, 4.69) is 18.8 Å². The zero-order valence-electron chi connectivity index (χ0n) is 8.46. The van der Waals surface area contributed by atoms with Crippen LogP contribution < -0.4 is 5.73 Å². The summed E-state index contributed by atoms with van der Waals surface area (Å²) in [6, 6.07) is 3.41. The monoisotopic (exact) mass is 214 g/mol. The third-order valence-corrected chi connectivity index (χ3v) is 1.97. The van der Waals surface area contributed by atoms with Crippen molar-refractivity contribution in [3.05, 3.63) is 22.8 Å². The van der Waals surface area contributed by atoms with Crippen molar-refractivity contribution >= 4 is 17.4 Å². The molecule has 0 unspecified atom stereocenters. The van der Waals surface area contributed by atoms with Crippen LogP contribution in [0.2, 0.25) is 5.02 Å². The highest BCUT2D eigenvalue weighted by atomic mass is 35.5. The first-order valence-electron chi connectivity index (χ1n) is 4.58. The van der Waals surface area contributed by atoms with E-state index in [9.17, 15) is 0 Å². The van der Waals surface area contributed by atoms with E-state index in [4.69, 9.17) is 22.1 Å². The van der Waals surface area contributed by atoms with Gasteiger partial charge < -0.3 is 10.5 Å². The second-order valence-electron chi connectivity index (χ2n) is 3.57. The number of nitrogens with two attached hydrogens (primary N) is 1. The van der Waals surface area contributed by atoms with Crippen molar-refractivity contribution in [2.24, 2.45) is 5.92 Å². The molecule has 0 aliphatic rings. The van der Waals surface area contributed by atoms with Crippen LogP contribution in [0.4, 0.5) is 5.82 Å². The zero-order chi connectivity index (χ0) is 10.6. The number of halogens is 1. The molecule has 78 valence electrons. The van der Waals surface area contributed by atoms with Crippen LogP contribution in [0.3, 0.4) is 0 Å². The van der Waals surface area contributed by atoms with Crippen LogP contribution in [0.25, 0.3) is 0 Å². The topological polar surface area (TPSA) is 48.1 Å². The van der Waals surface area contributed by atoms with E-state index >= 15 is 0 Å². The predicted octanol–water partition coefficient (Wildman–Crippen LogP) is 2.49. The number of ether oxygens (including phenoxy) is 1. The van der Waals surface area contributed by atoms with Gasteiger partial charge in [-0.05, 0) is 18.1 Å². The number of hydrogen-bond acceptors (Lipinski definition) is 3. The Balaban J connectivity index is 2.53. The van der Waals surface area contributed by atoms with Gasteiger partial charge in [0, 0.05) is 6.61 Å². The molecule has 0 saturated heterocycles. The van der Waals surface area contributed by atoms with Crippen molar-refractivity contribution in [1.82, 2.24) is 4.98 Å². The standard InChI is InChI=1S/C10H15ClN2O/c1-7(2)5-14-6-9-8(11)3-4-10(12)13-9/h3-4,7H,5-6H2,1-2H3,(H2,12,13). The van der Waals surface area contributed by atoms with E-state index < -0.39 is 0 Å². The Hall–Kier alpha value is -0.800. The summed E-state index contributed by atoms with van der Waals surface area (Å²) in [7, 11) is 0. The molecule has 0 aliphatic heterocycles. The Morgan fingerprint density at radius 3 is 2.86 bits per heavy atom. The van der Waals surface area contributed by atoms with Crippen LogP contribution in [0.1, 0.15) is 19.5 Å². The van der Waals surface area contributed by atoms with Gasteiger partial charge in [-0.3, -0.25) is 0 Å². The van der Waals surface area contributed by atoms with E-state index in [1.807, 2.05) is 0 Å². The van der Waals surface area contributed by atoms with Gasteiger partial charge in [0.05, 0.1) is 17.3 Å². The van der Waals surface area contributed by atoms with Gasteiger partial charge in [0.25, 0.3) is 0 Å². The summed E-state index contributed by atoms with van der Waals surface area (Å²) in [6.45, 7) is 5.30. The first-order chi connectivity index (χ1) is 6.59. The smallest absolute Gasteiger partial charge is 0.123 e.